The molecule has 4 nitrogen and oxygen atoms in total. The van der Waals surface area contributed by atoms with Gasteiger partial charge in [0.15, 0.2) is 0 Å². The van der Waals surface area contributed by atoms with Crippen molar-refractivity contribution >= 4 is 38.6 Å². The summed E-state index contributed by atoms with van der Waals surface area (Å²) in [6.07, 6.45) is 6.46. The molecule has 4 rings (SSSR count). The fourth-order valence-corrected chi connectivity index (χ4v) is 3.53. The molecule has 0 aliphatic heterocycles. The second-order valence-corrected chi connectivity index (χ2v) is 7.43. The number of aromatic nitrogens is 3. The molecule has 26 heavy (non-hydrogen) atoms. The summed E-state index contributed by atoms with van der Waals surface area (Å²) in [5.74, 6) is 0. The molecule has 0 spiro atoms. The Bertz CT molecular complexity index is 1070. The van der Waals surface area contributed by atoms with Crippen LogP contribution in [0.3, 0.4) is 0 Å². The zero-order chi connectivity index (χ0) is 18.1. The molecule has 0 atom stereocenters. The molecule has 4 aromatic rings. The Labute approximate surface area is 164 Å². The van der Waals surface area contributed by atoms with Gasteiger partial charge in [-0.3, -0.25) is 4.98 Å². The van der Waals surface area contributed by atoms with Gasteiger partial charge in [0.05, 0.1) is 5.69 Å². The van der Waals surface area contributed by atoms with E-state index in [4.69, 9.17) is 17.3 Å². The van der Waals surface area contributed by atoms with Gasteiger partial charge in [0.1, 0.15) is 5.65 Å². The fourth-order valence-electron chi connectivity index (χ4n) is 2.98. The van der Waals surface area contributed by atoms with Crippen molar-refractivity contribution in [3.63, 3.8) is 0 Å². The van der Waals surface area contributed by atoms with Gasteiger partial charge in [0, 0.05) is 52.0 Å². The van der Waals surface area contributed by atoms with E-state index in [1.807, 2.05) is 36.7 Å². The molecule has 6 heteroatoms. The topological polar surface area (TPSA) is 67.6 Å². The third-order valence-electron chi connectivity index (χ3n) is 4.35. The highest BCUT2D eigenvalue weighted by Gasteiger charge is 2.09. The highest BCUT2D eigenvalue weighted by molar-refractivity contribution is 9.10. The van der Waals surface area contributed by atoms with Crippen molar-refractivity contribution in [2.75, 3.05) is 0 Å². The van der Waals surface area contributed by atoms with E-state index in [0.717, 1.165) is 44.3 Å². The quantitative estimate of drug-likeness (QED) is 0.476. The largest absolute Gasteiger partial charge is 0.346 e. The van der Waals surface area contributed by atoms with Crippen molar-refractivity contribution in [1.29, 1.82) is 0 Å². The number of H-pyrrole nitrogens is 1. The Morgan fingerprint density at radius 1 is 1.04 bits per heavy atom. The molecule has 0 saturated carbocycles. The van der Waals surface area contributed by atoms with Gasteiger partial charge >= 0.3 is 0 Å². The van der Waals surface area contributed by atoms with Crippen molar-refractivity contribution < 1.29 is 0 Å². The average molecular weight is 428 g/mol. The molecule has 0 saturated heterocycles. The van der Waals surface area contributed by atoms with Crippen LogP contribution in [0.2, 0.25) is 5.02 Å². The third-order valence-corrected chi connectivity index (χ3v) is 5.11. The number of hydrogen-bond donors (Lipinski definition) is 2. The van der Waals surface area contributed by atoms with Gasteiger partial charge in [0.25, 0.3) is 0 Å². The standard InChI is InChI=1S/C20H16BrClN4/c21-15-7-16-14(10-25-20(16)26-11-15)5-13-2-4-19(24-9-13)17-6-12(8-23)1-3-18(17)22/h1-4,6-7,9-11H,5,8,23H2,(H,25,26). The smallest absolute Gasteiger partial charge is 0.137 e. The van der Waals surface area contributed by atoms with Crippen LogP contribution in [0.25, 0.3) is 22.3 Å². The minimum atomic E-state index is 0.479. The maximum Gasteiger partial charge on any atom is 0.137 e. The summed E-state index contributed by atoms with van der Waals surface area (Å²) in [6.45, 7) is 0.479. The van der Waals surface area contributed by atoms with Gasteiger partial charge in [-0.1, -0.05) is 23.7 Å². The number of nitrogens with zero attached hydrogens (tertiary/aromatic N) is 2. The lowest BCUT2D eigenvalue weighted by atomic mass is 10.0. The number of nitrogens with two attached hydrogens (primary N) is 1. The molecule has 130 valence electrons. The lowest BCUT2D eigenvalue weighted by Crippen LogP contribution is -1.97. The summed E-state index contributed by atoms with van der Waals surface area (Å²) in [5.41, 5.74) is 11.7. The second kappa shape index (κ2) is 7.19. The lowest BCUT2D eigenvalue weighted by Gasteiger charge is -2.07. The number of fused-ring (bicyclic) bond motifs is 1. The summed E-state index contributed by atoms with van der Waals surface area (Å²) >= 11 is 9.81. The molecule has 3 aromatic heterocycles. The van der Waals surface area contributed by atoms with E-state index in [9.17, 15) is 0 Å². The van der Waals surface area contributed by atoms with Crippen molar-refractivity contribution in [1.82, 2.24) is 15.0 Å². The Balaban J connectivity index is 1.63. The molecule has 0 unspecified atom stereocenters. The Hall–Kier alpha value is -2.21. The van der Waals surface area contributed by atoms with Crippen molar-refractivity contribution in [2.24, 2.45) is 5.73 Å². The zero-order valence-corrected chi connectivity index (χ0v) is 16.2. The Morgan fingerprint density at radius 3 is 2.65 bits per heavy atom. The summed E-state index contributed by atoms with van der Waals surface area (Å²) in [4.78, 5) is 12.2. The first kappa shape index (κ1) is 17.2. The van der Waals surface area contributed by atoms with Crippen LogP contribution in [0.4, 0.5) is 0 Å². The zero-order valence-electron chi connectivity index (χ0n) is 13.8. The first-order valence-corrected chi connectivity index (χ1v) is 9.36. The van der Waals surface area contributed by atoms with E-state index in [-0.39, 0.29) is 0 Å². The van der Waals surface area contributed by atoms with Crippen molar-refractivity contribution in [3.8, 4) is 11.3 Å². The molecule has 0 aliphatic rings. The molecule has 3 heterocycles. The number of pyridine rings is 2. The SMILES string of the molecule is NCc1ccc(Cl)c(-c2ccc(Cc3c[nH]c4ncc(Br)cc34)cn2)c1. The van der Waals surface area contributed by atoms with E-state index in [2.05, 4.69) is 43.0 Å². The van der Waals surface area contributed by atoms with Crippen LogP contribution in [-0.4, -0.2) is 15.0 Å². The van der Waals surface area contributed by atoms with E-state index < -0.39 is 0 Å². The summed E-state index contributed by atoms with van der Waals surface area (Å²) in [5, 5.41) is 1.79. The normalized spacial score (nSPS) is 11.2. The predicted octanol–water partition coefficient (Wildman–Crippen LogP) is 5.09. The minimum Gasteiger partial charge on any atom is -0.346 e. The van der Waals surface area contributed by atoms with Crippen molar-refractivity contribution in [3.05, 3.63) is 81.2 Å². The molecule has 3 N–H and O–H groups in total. The van der Waals surface area contributed by atoms with E-state index in [0.29, 0.717) is 11.6 Å². The maximum absolute atomic E-state index is 6.33. The van der Waals surface area contributed by atoms with Crippen LogP contribution >= 0.6 is 27.5 Å². The van der Waals surface area contributed by atoms with Gasteiger partial charge in [-0.2, -0.15) is 0 Å². The first-order valence-electron chi connectivity index (χ1n) is 8.19. The van der Waals surface area contributed by atoms with Crippen LogP contribution in [0, 0.1) is 0 Å². The molecule has 0 aliphatic carbocycles. The molecule has 0 radical (unpaired) electrons. The molecule has 0 bridgehead atoms. The van der Waals surface area contributed by atoms with Crippen molar-refractivity contribution in [2.45, 2.75) is 13.0 Å². The number of aromatic amines is 1. The molecule has 0 amide bonds. The fraction of sp³-hybridized carbons (Fsp3) is 0.100. The molecular weight excluding hydrogens is 412 g/mol. The van der Waals surface area contributed by atoms with Gasteiger partial charge in [-0.05, 0) is 56.9 Å². The minimum absolute atomic E-state index is 0.479. The highest BCUT2D eigenvalue weighted by Crippen LogP contribution is 2.28. The van der Waals surface area contributed by atoms with Gasteiger partial charge in [-0.15, -0.1) is 0 Å². The summed E-state index contributed by atoms with van der Waals surface area (Å²) < 4.78 is 0.966. The summed E-state index contributed by atoms with van der Waals surface area (Å²) in [7, 11) is 0. The second-order valence-electron chi connectivity index (χ2n) is 6.11. The predicted molar refractivity (Wildman–Crippen MR) is 109 cm³/mol. The first-order chi connectivity index (χ1) is 12.6. The number of nitrogens with one attached hydrogen (secondary N) is 1. The Kier molecular flexibility index (Phi) is 4.76. The maximum atomic E-state index is 6.33. The lowest BCUT2D eigenvalue weighted by molar-refractivity contribution is 1.07. The van der Waals surface area contributed by atoms with E-state index in [1.54, 1.807) is 6.20 Å². The number of benzene rings is 1. The van der Waals surface area contributed by atoms with Crippen LogP contribution in [0.1, 0.15) is 16.7 Å². The highest BCUT2D eigenvalue weighted by atomic mass is 79.9. The number of hydrogen-bond acceptors (Lipinski definition) is 3. The third kappa shape index (κ3) is 3.38. The van der Waals surface area contributed by atoms with E-state index in [1.165, 1.54) is 5.56 Å². The van der Waals surface area contributed by atoms with Gasteiger partial charge in [0.2, 0.25) is 0 Å². The Morgan fingerprint density at radius 2 is 1.88 bits per heavy atom. The molecular formula is C20H16BrClN4. The van der Waals surface area contributed by atoms with Crippen LogP contribution in [-0.2, 0) is 13.0 Å². The van der Waals surface area contributed by atoms with E-state index >= 15 is 0 Å². The average Bonchev–Trinajstić information content (AvgIpc) is 3.05. The summed E-state index contributed by atoms with van der Waals surface area (Å²) in [6, 6.07) is 12.0. The molecule has 1 aromatic carbocycles. The van der Waals surface area contributed by atoms with Crippen LogP contribution in [0.5, 0.6) is 0 Å². The van der Waals surface area contributed by atoms with Crippen LogP contribution < -0.4 is 5.73 Å². The number of rotatable bonds is 4. The van der Waals surface area contributed by atoms with Gasteiger partial charge in [-0.25, -0.2) is 4.98 Å². The van der Waals surface area contributed by atoms with Crippen LogP contribution in [0.15, 0.2) is 59.5 Å². The molecule has 0 fully saturated rings. The van der Waals surface area contributed by atoms with Gasteiger partial charge < -0.3 is 10.7 Å². The number of halogens is 2. The monoisotopic (exact) mass is 426 g/mol.